The second-order valence-corrected chi connectivity index (χ2v) is 6.08. The first-order valence-electron chi connectivity index (χ1n) is 7.22. The summed E-state index contributed by atoms with van der Waals surface area (Å²) in [7, 11) is 1.99. The molecule has 0 saturated carbocycles. The lowest BCUT2D eigenvalue weighted by molar-refractivity contribution is 0.808. The highest BCUT2D eigenvalue weighted by atomic mass is 79.9. The van der Waals surface area contributed by atoms with Crippen LogP contribution in [0.2, 0.25) is 0 Å². The predicted octanol–water partition coefficient (Wildman–Crippen LogP) is 4.97. The summed E-state index contributed by atoms with van der Waals surface area (Å²) >= 11 is 3.57. The van der Waals surface area contributed by atoms with Crippen molar-refractivity contribution in [2.45, 2.75) is 6.42 Å². The van der Waals surface area contributed by atoms with E-state index in [0.29, 0.717) is 0 Å². The molecule has 1 nitrogen and oxygen atoms in total. The number of rotatable bonds is 3. The number of nitrogens with one attached hydrogen (secondary N) is 1. The first-order valence-corrected chi connectivity index (χ1v) is 8.01. The van der Waals surface area contributed by atoms with Crippen LogP contribution >= 0.6 is 15.9 Å². The molecule has 0 fully saturated rings. The van der Waals surface area contributed by atoms with Crippen LogP contribution in [0.4, 0.5) is 0 Å². The summed E-state index contributed by atoms with van der Waals surface area (Å²) < 4.78 is 1.12. The van der Waals surface area contributed by atoms with Crippen LogP contribution in [0.15, 0.2) is 53.0 Å². The largest absolute Gasteiger partial charge is 0.319 e. The monoisotopic (exact) mass is 339 g/mol. The van der Waals surface area contributed by atoms with Crippen molar-refractivity contribution in [3.63, 3.8) is 0 Å². The molecule has 0 heterocycles. The molecule has 0 aliphatic heterocycles. The third-order valence-electron chi connectivity index (χ3n) is 3.74. The van der Waals surface area contributed by atoms with Crippen molar-refractivity contribution < 1.29 is 0 Å². The number of benzene rings is 2. The molecule has 0 atom stereocenters. The van der Waals surface area contributed by atoms with Crippen molar-refractivity contribution in [3.05, 3.63) is 75.3 Å². The maximum Gasteiger partial charge on any atom is 0.0181 e. The molecule has 0 radical (unpaired) electrons. The third-order valence-corrected chi connectivity index (χ3v) is 4.23. The van der Waals surface area contributed by atoms with Crippen LogP contribution < -0.4 is 5.32 Å². The zero-order valence-corrected chi connectivity index (χ0v) is 13.7. The van der Waals surface area contributed by atoms with Crippen LogP contribution in [0.5, 0.6) is 0 Å². The molecule has 2 heteroatoms. The summed E-state index contributed by atoms with van der Waals surface area (Å²) in [6.07, 6.45) is 7.78. The highest BCUT2D eigenvalue weighted by Crippen LogP contribution is 2.35. The van der Waals surface area contributed by atoms with Gasteiger partial charge in [0, 0.05) is 4.47 Å². The first-order chi connectivity index (χ1) is 10.3. The lowest BCUT2D eigenvalue weighted by atomic mass is 9.93. The Morgan fingerprint density at radius 2 is 1.76 bits per heavy atom. The van der Waals surface area contributed by atoms with Gasteiger partial charge in [-0.25, -0.2) is 0 Å². The summed E-state index contributed by atoms with van der Waals surface area (Å²) in [6, 6.07) is 15.1. The molecule has 2 aromatic rings. The van der Waals surface area contributed by atoms with Gasteiger partial charge in [-0.15, -0.1) is 0 Å². The van der Waals surface area contributed by atoms with Gasteiger partial charge in [0.2, 0.25) is 0 Å². The van der Waals surface area contributed by atoms with E-state index in [1.54, 1.807) is 0 Å². The Morgan fingerprint density at radius 1 is 1.00 bits per heavy atom. The second-order valence-electron chi connectivity index (χ2n) is 5.16. The molecule has 106 valence electrons. The molecule has 21 heavy (non-hydrogen) atoms. The van der Waals surface area contributed by atoms with Gasteiger partial charge in [0.15, 0.2) is 0 Å². The Kier molecular flexibility index (Phi) is 4.37. The van der Waals surface area contributed by atoms with Crippen LogP contribution in [0.25, 0.3) is 17.7 Å². The molecule has 0 spiro atoms. The molecular formula is C19H18BrN. The molecule has 3 rings (SSSR count). The fraction of sp³-hybridized carbons (Fsp3) is 0.158. The first kappa shape index (κ1) is 14.3. The Hall–Kier alpha value is -1.64. The van der Waals surface area contributed by atoms with Crippen LogP contribution in [0, 0.1) is 0 Å². The second kappa shape index (κ2) is 6.42. The fourth-order valence-electron chi connectivity index (χ4n) is 2.71. The lowest BCUT2D eigenvalue weighted by Crippen LogP contribution is -2.06. The van der Waals surface area contributed by atoms with Crippen molar-refractivity contribution in [2.75, 3.05) is 13.6 Å². The van der Waals surface area contributed by atoms with E-state index in [0.717, 1.165) is 17.4 Å². The molecule has 0 amide bonds. The summed E-state index contributed by atoms with van der Waals surface area (Å²) in [5.41, 5.74) is 6.48. The van der Waals surface area contributed by atoms with Crippen LogP contribution in [0.3, 0.4) is 0 Å². The van der Waals surface area contributed by atoms with Crippen molar-refractivity contribution in [1.82, 2.24) is 5.32 Å². The van der Waals surface area contributed by atoms with Gasteiger partial charge >= 0.3 is 0 Å². The van der Waals surface area contributed by atoms with Gasteiger partial charge in [-0.05, 0) is 60.0 Å². The fourth-order valence-corrected chi connectivity index (χ4v) is 3.09. The van der Waals surface area contributed by atoms with Crippen molar-refractivity contribution in [2.24, 2.45) is 0 Å². The van der Waals surface area contributed by atoms with Crippen LogP contribution in [-0.4, -0.2) is 13.6 Å². The summed E-state index contributed by atoms with van der Waals surface area (Å²) in [5.74, 6) is 0. The van der Waals surface area contributed by atoms with Crippen molar-refractivity contribution >= 4 is 33.7 Å². The van der Waals surface area contributed by atoms with E-state index in [1.165, 1.54) is 27.8 Å². The summed E-state index contributed by atoms with van der Waals surface area (Å²) in [6.45, 7) is 0.991. The van der Waals surface area contributed by atoms with E-state index in [4.69, 9.17) is 0 Å². The van der Waals surface area contributed by atoms with E-state index < -0.39 is 0 Å². The molecule has 0 unspecified atom stereocenters. The summed E-state index contributed by atoms with van der Waals surface area (Å²) in [5, 5.41) is 3.21. The molecule has 0 bridgehead atoms. The van der Waals surface area contributed by atoms with Gasteiger partial charge in [0.1, 0.15) is 0 Å². The Balaban J connectivity index is 2.17. The minimum atomic E-state index is 0.991. The van der Waals surface area contributed by atoms with Crippen molar-refractivity contribution in [1.29, 1.82) is 0 Å². The van der Waals surface area contributed by atoms with E-state index in [-0.39, 0.29) is 0 Å². The molecule has 1 N–H and O–H groups in total. The normalized spacial score (nSPS) is 14.7. The molecule has 0 aromatic heterocycles. The van der Waals surface area contributed by atoms with E-state index >= 15 is 0 Å². The Labute approximate surface area is 134 Å². The average Bonchev–Trinajstić information content (AvgIpc) is 2.65. The molecular weight excluding hydrogens is 322 g/mol. The van der Waals surface area contributed by atoms with E-state index in [9.17, 15) is 0 Å². The molecule has 1 aliphatic rings. The van der Waals surface area contributed by atoms with E-state index in [1.807, 2.05) is 7.05 Å². The minimum Gasteiger partial charge on any atom is -0.319 e. The summed E-state index contributed by atoms with van der Waals surface area (Å²) in [4.78, 5) is 0. The molecule has 1 aliphatic carbocycles. The highest BCUT2D eigenvalue weighted by molar-refractivity contribution is 9.10. The predicted molar refractivity (Wildman–Crippen MR) is 95.1 cm³/mol. The number of hydrogen-bond acceptors (Lipinski definition) is 1. The van der Waals surface area contributed by atoms with Crippen molar-refractivity contribution in [3.8, 4) is 0 Å². The smallest absolute Gasteiger partial charge is 0.0181 e. The zero-order valence-electron chi connectivity index (χ0n) is 12.1. The third kappa shape index (κ3) is 3.02. The van der Waals surface area contributed by atoms with Crippen LogP contribution in [0.1, 0.15) is 28.7 Å². The average molecular weight is 340 g/mol. The van der Waals surface area contributed by atoms with Gasteiger partial charge in [-0.2, -0.15) is 0 Å². The van der Waals surface area contributed by atoms with Gasteiger partial charge < -0.3 is 5.32 Å². The highest BCUT2D eigenvalue weighted by Gasteiger charge is 2.14. The number of fused-ring (bicyclic) bond motifs is 2. The Bertz CT molecular complexity index is 713. The van der Waals surface area contributed by atoms with Crippen LogP contribution in [-0.2, 0) is 0 Å². The van der Waals surface area contributed by atoms with E-state index in [2.05, 4.69) is 81.9 Å². The topological polar surface area (TPSA) is 12.0 Å². The molecule has 0 saturated heterocycles. The number of hydrogen-bond donors (Lipinski definition) is 1. The van der Waals surface area contributed by atoms with Gasteiger partial charge in [-0.1, -0.05) is 64.5 Å². The van der Waals surface area contributed by atoms with Gasteiger partial charge in [0.05, 0.1) is 0 Å². The lowest BCUT2D eigenvalue weighted by Gasteiger charge is -2.12. The zero-order chi connectivity index (χ0) is 14.7. The number of halogens is 1. The quantitative estimate of drug-likeness (QED) is 0.664. The molecule has 2 aromatic carbocycles. The van der Waals surface area contributed by atoms with Gasteiger partial charge in [0.25, 0.3) is 0 Å². The maximum atomic E-state index is 3.57. The maximum absolute atomic E-state index is 3.57. The SMILES string of the molecule is CNCC/C=C1/c2ccccc2C=Cc2cc(Br)ccc21. The van der Waals surface area contributed by atoms with Gasteiger partial charge in [-0.3, -0.25) is 0 Å². The Morgan fingerprint density at radius 3 is 2.62 bits per heavy atom. The standard InChI is InChI=1S/C19H18BrN/c1-21-12-4-7-19-17-6-3-2-5-14(17)8-9-15-13-16(20)10-11-18(15)19/h2-3,5-11,13,21H,4,12H2,1H3/b19-7-. The minimum absolute atomic E-state index is 0.991.